The molecule has 0 heterocycles. The monoisotopic (exact) mass is 338 g/mol. The first-order valence-corrected chi connectivity index (χ1v) is 10.2. The lowest BCUT2D eigenvalue weighted by atomic mass is 9.77. The number of hydrogen-bond acceptors (Lipinski definition) is 3. The molecule has 1 saturated carbocycles. The number of carbonyl (C=O) groups excluding carboxylic acids is 1. The molecular weight excluding hydrogens is 312 g/mol. The van der Waals surface area contributed by atoms with Crippen LogP contribution in [0.15, 0.2) is 30.3 Å². The van der Waals surface area contributed by atoms with Crippen molar-refractivity contribution in [2.75, 3.05) is 12.0 Å². The molecule has 23 heavy (non-hydrogen) atoms. The normalized spacial score (nSPS) is 17.8. The lowest BCUT2D eigenvalue weighted by molar-refractivity contribution is 0.205. The van der Waals surface area contributed by atoms with Crippen molar-refractivity contribution in [3.8, 4) is 0 Å². The molecule has 5 nitrogen and oxygen atoms in total. The van der Waals surface area contributed by atoms with Crippen LogP contribution in [0.4, 0.5) is 4.79 Å². The van der Waals surface area contributed by atoms with Crippen LogP contribution in [0, 0.1) is 5.92 Å². The molecule has 0 unspecified atom stereocenters. The Morgan fingerprint density at radius 3 is 2.39 bits per heavy atom. The molecule has 0 aromatic heterocycles. The van der Waals surface area contributed by atoms with Crippen LogP contribution in [0.25, 0.3) is 0 Å². The zero-order chi connectivity index (χ0) is 16.9. The lowest BCUT2D eigenvalue weighted by Crippen LogP contribution is -2.45. The highest BCUT2D eigenvalue weighted by Gasteiger charge is 2.29. The van der Waals surface area contributed by atoms with Crippen molar-refractivity contribution in [1.82, 2.24) is 10.6 Å². The van der Waals surface area contributed by atoms with E-state index in [2.05, 4.69) is 10.6 Å². The predicted octanol–water partition coefficient (Wildman–Crippen LogP) is 2.65. The molecule has 1 fully saturated rings. The van der Waals surface area contributed by atoms with Gasteiger partial charge >= 0.3 is 6.03 Å². The SMILES string of the molecule is C[C@H](CCS(C)(=O)=O)NC(=O)N[C@@H](c1ccccc1)C1CCC1. The van der Waals surface area contributed by atoms with Crippen molar-refractivity contribution in [2.45, 2.75) is 44.7 Å². The van der Waals surface area contributed by atoms with Gasteiger partial charge in [0, 0.05) is 12.3 Å². The average molecular weight is 338 g/mol. The quantitative estimate of drug-likeness (QED) is 0.802. The van der Waals surface area contributed by atoms with E-state index in [4.69, 9.17) is 0 Å². The van der Waals surface area contributed by atoms with E-state index < -0.39 is 9.84 Å². The lowest BCUT2D eigenvalue weighted by Gasteiger charge is -2.35. The number of sulfone groups is 1. The van der Waals surface area contributed by atoms with E-state index >= 15 is 0 Å². The van der Waals surface area contributed by atoms with Crippen LogP contribution >= 0.6 is 0 Å². The number of urea groups is 1. The van der Waals surface area contributed by atoms with Gasteiger partial charge in [-0.05, 0) is 37.7 Å². The number of nitrogens with one attached hydrogen (secondary N) is 2. The summed E-state index contributed by atoms with van der Waals surface area (Å²) in [4.78, 5) is 12.2. The van der Waals surface area contributed by atoms with E-state index in [1.54, 1.807) is 0 Å². The second-order valence-corrected chi connectivity index (χ2v) is 8.78. The molecule has 0 bridgehead atoms. The summed E-state index contributed by atoms with van der Waals surface area (Å²) in [5.41, 5.74) is 1.12. The molecule has 0 aliphatic heterocycles. The highest BCUT2D eigenvalue weighted by molar-refractivity contribution is 7.90. The molecule has 0 radical (unpaired) electrons. The van der Waals surface area contributed by atoms with Gasteiger partial charge in [0.25, 0.3) is 0 Å². The minimum atomic E-state index is -3.00. The van der Waals surface area contributed by atoms with Gasteiger partial charge in [-0.1, -0.05) is 36.8 Å². The van der Waals surface area contributed by atoms with Gasteiger partial charge in [0.2, 0.25) is 0 Å². The van der Waals surface area contributed by atoms with Gasteiger partial charge < -0.3 is 10.6 Å². The van der Waals surface area contributed by atoms with E-state index in [0.29, 0.717) is 12.3 Å². The van der Waals surface area contributed by atoms with Crippen molar-refractivity contribution in [1.29, 1.82) is 0 Å². The van der Waals surface area contributed by atoms with Gasteiger partial charge in [-0.2, -0.15) is 0 Å². The molecule has 2 rings (SSSR count). The molecule has 2 atom stereocenters. The molecule has 2 amide bonds. The van der Waals surface area contributed by atoms with Gasteiger partial charge in [-0.25, -0.2) is 13.2 Å². The third-order valence-corrected chi connectivity index (χ3v) is 5.34. The summed E-state index contributed by atoms with van der Waals surface area (Å²) in [5.74, 6) is 0.564. The summed E-state index contributed by atoms with van der Waals surface area (Å²) in [7, 11) is -3.00. The van der Waals surface area contributed by atoms with Gasteiger partial charge in [0.05, 0.1) is 11.8 Å². The predicted molar refractivity (Wildman–Crippen MR) is 92.0 cm³/mol. The maximum absolute atomic E-state index is 12.2. The molecule has 6 heteroatoms. The van der Waals surface area contributed by atoms with Crippen LogP contribution in [-0.4, -0.2) is 32.5 Å². The van der Waals surface area contributed by atoms with Gasteiger partial charge in [0.1, 0.15) is 9.84 Å². The Bertz CT molecular complexity index is 612. The zero-order valence-electron chi connectivity index (χ0n) is 13.8. The van der Waals surface area contributed by atoms with Crippen LogP contribution in [0.5, 0.6) is 0 Å². The van der Waals surface area contributed by atoms with Crippen LogP contribution in [0.3, 0.4) is 0 Å². The van der Waals surface area contributed by atoms with Gasteiger partial charge in [0.15, 0.2) is 0 Å². The Labute approximate surface area is 138 Å². The number of rotatable bonds is 7. The molecule has 0 spiro atoms. The van der Waals surface area contributed by atoms with Gasteiger partial charge in [-0.15, -0.1) is 0 Å². The largest absolute Gasteiger partial charge is 0.336 e. The maximum atomic E-state index is 12.2. The number of carbonyl (C=O) groups is 1. The number of benzene rings is 1. The molecule has 1 aromatic carbocycles. The van der Waals surface area contributed by atoms with Gasteiger partial charge in [-0.3, -0.25) is 0 Å². The first kappa shape index (κ1) is 17.8. The number of hydrogen-bond donors (Lipinski definition) is 2. The van der Waals surface area contributed by atoms with E-state index in [1.165, 1.54) is 12.7 Å². The Morgan fingerprint density at radius 1 is 1.22 bits per heavy atom. The Morgan fingerprint density at radius 2 is 1.87 bits per heavy atom. The molecule has 1 aromatic rings. The highest BCUT2D eigenvalue weighted by atomic mass is 32.2. The maximum Gasteiger partial charge on any atom is 0.315 e. The second-order valence-electron chi connectivity index (χ2n) is 6.52. The fourth-order valence-corrected chi connectivity index (χ4v) is 3.56. The molecule has 0 saturated heterocycles. The fourth-order valence-electron chi connectivity index (χ4n) is 2.78. The minimum absolute atomic E-state index is 0.0204. The molecule has 2 N–H and O–H groups in total. The van der Waals surface area contributed by atoms with Crippen molar-refractivity contribution < 1.29 is 13.2 Å². The first-order chi connectivity index (χ1) is 10.8. The standard InChI is InChI=1S/C17H26N2O3S/c1-13(11-12-23(2,21)22)18-17(20)19-16(15-9-6-10-15)14-7-4-3-5-8-14/h3-5,7-8,13,15-16H,6,9-12H2,1-2H3,(H2,18,19,20)/t13-,16+/m1/s1. The van der Waals surface area contributed by atoms with Crippen molar-refractivity contribution >= 4 is 15.9 Å². The summed E-state index contributed by atoms with van der Waals surface area (Å²) >= 11 is 0. The topological polar surface area (TPSA) is 75.3 Å². The molecule has 1 aliphatic rings. The Hall–Kier alpha value is -1.56. The first-order valence-electron chi connectivity index (χ1n) is 8.15. The van der Waals surface area contributed by atoms with Crippen molar-refractivity contribution in [3.63, 3.8) is 0 Å². The van der Waals surface area contributed by atoms with E-state index in [-0.39, 0.29) is 23.9 Å². The van der Waals surface area contributed by atoms with Crippen LogP contribution in [-0.2, 0) is 9.84 Å². The van der Waals surface area contributed by atoms with Crippen molar-refractivity contribution in [3.05, 3.63) is 35.9 Å². The van der Waals surface area contributed by atoms with E-state index in [1.807, 2.05) is 37.3 Å². The third-order valence-electron chi connectivity index (χ3n) is 4.37. The molecular formula is C17H26N2O3S. The zero-order valence-corrected chi connectivity index (χ0v) is 14.6. The van der Waals surface area contributed by atoms with Crippen LogP contribution in [0.2, 0.25) is 0 Å². The minimum Gasteiger partial charge on any atom is -0.336 e. The Balaban J connectivity index is 1.90. The highest BCUT2D eigenvalue weighted by Crippen LogP contribution is 2.37. The average Bonchev–Trinajstić information content (AvgIpc) is 2.43. The van der Waals surface area contributed by atoms with Crippen LogP contribution < -0.4 is 10.6 Å². The summed E-state index contributed by atoms with van der Waals surface area (Å²) in [6, 6.07) is 9.62. The van der Waals surface area contributed by atoms with Crippen LogP contribution in [0.1, 0.15) is 44.2 Å². The number of amides is 2. The summed E-state index contributed by atoms with van der Waals surface area (Å²) < 4.78 is 22.4. The smallest absolute Gasteiger partial charge is 0.315 e. The third kappa shape index (κ3) is 5.86. The fraction of sp³-hybridized carbons (Fsp3) is 0.588. The van der Waals surface area contributed by atoms with Crippen molar-refractivity contribution in [2.24, 2.45) is 5.92 Å². The Kier molecular flexibility index (Phi) is 6.04. The molecule has 1 aliphatic carbocycles. The second kappa shape index (κ2) is 7.81. The molecule has 128 valence electrons. The summed E-state index contributed by atoms with van der Waals surface area (Å²) in [6.45, 7) is 1.83. The van der Waals surface area contributed by atoms with E-state index in [9.17, 15) is 13.2 Å². The summed E-state index contributed by atoms with van der Waals surface area (Å²) in [6.07, 6.45) is 5.10. The van der Waals surface area contributed by atoms with E-state index in [0.717, 1.165) is 18.4 Å². The summed E-state index contributed by atoms with van der Waals surface area (Å²) in [5, 5.41) is 5.91.